The van der Waals surface area contributed by atoms with E-state index in [1.807, 2.05) is 6.92 Å². The smallest absolute Gasteiger partial charge is 0.416 e. The quantitative estimate of drug-likeness (QED) is 0.196. The van der Waals surface area contributed by atoms with Gasteiger partial charge in [-0.3, -0.25) is 9.36 Å². The molecule has 2 aromatic carbocycles. The third-order valence-corrected chi connectivity index (χ3v) is 8.23. The van der Waals surface area contributed by atoms with Crippen LogP contribution < -0.4 is 19.6 Å². The summed E-state index contributed by atoms with van der Waals surface area (Å²) in [7, 11) is 1.51. The van der Waals surface area contributed by atoms with Gasteiger partial charge in [-0.05, 0) is 55.8 Å². The molecule has 43 heavy (non-hydrogen) atoms. The Balaban J connectivity index is 1.68. The molecule has 0 radical (unpaired) electrons. The minimum atomic E-state index is -4.49. The number of halogens is 4. The molecule has 0 unspecified atom stereocenters. The van der Waals surface area contributed by atoms with Gasteiger partial charge in [0.15, 0.2) is 4.80 Å². The Bertz CT molecular complexity index is 1900. The molecule has 0 saturated carbocycles. The van der Waals surface area contributed by atoms with Gasteiger partial charge in [0.1, 0.15) is 23.3 Å². The van der Waals surface area contributed by atoms with Crippen molar-refractivity contribution in [2.45, 2.75) is 38.9 Å². The Labute approximate surface area is 256 Å². The summed E-state index contributed by atoms with van der Waals surface area (Å²) in [5, 5.41) is 0. The number of aromatic nitrogens is 1. The minimum Gasteiger partial charge on any atom is -0.496 e. The van der Waals surface area contributed by atoms with Gasteiger partial charge >= 0.3 is 12.1 Å². The number of rotatable bonds is 8. The molecule has 0 bridgehead atoms. The van der Waals surface area contributed by atoms with Crippen LogP contribution in [0.4, 0.5) is 13.2 Å². The number of nitrogens with zero attached hydrogens (tertiary/aromatic N) is 2. The fourth-order valence-electron chi connectivity index (χ4n) is 4.90. The fourth-order valence-corrected chi connectivity index (χ4v) is 6.28. The topological polar surface area (TPSA) is 83.0 Å². The van der Waals surface area contributed by atoms with Crippen LogP contribution in [0.2, 0.25) is 0 Å². The predicted octanol–water partition coefficient (Wildman–Crippen LogP) is 6.63. The van der Waals surface area contributed by atoms with E-state index in [0.29, 0.717) is 34.7 Å². The third kappa shape index (κ3) is 6.12. The van der Waals surface area contributed by atoms with E-state index in [9.17, 15) is 22.8 Å². The van der Waals surface area contributed by atoms with Crippen molar-refractivity contribution in [3.05, 3.63) is 107 Å². The summed E-state index contributed by atoms with van der Waals surface area (Å²) in [6, 6.07) is 12.4. The SMILES string of the molecule is CCCC1=C(C(=O)OCC)[C@@H](c2cc(Br)ccc2OC)n2c(s/c(=C/c3ccc(-c4cccc(C(F)(F)F)c4)o3)c2=O)=N1. The lowest BCUT2D eigenvalue weighted by molar-refractivity contribution is -0.139. The standard InChI is InChI=1S/C31H26BrF3N2O5S/c1-4-7-22-26(29(39)41-5-2)27(21-15-19(32)10-12-24(21)40-3)37-28(38)25(43-30(37)36-22)16-20-11-13-23(42-20)17-8-6-9-18(14-17)31(33,34)35/h6,8-16,27H,4-5,7H2,1-3H3/b25-16+/t27-/m1/s1. The van der Waals surface area contributed by atoms with Crippen molar-refractivity contribution in [2.75, 3.05) is 13.7 Å². The minimum absolute atomic E-state index is 0.140. The van der Waals surface area contributed by atoms with Gasteiger partial charge in [0, 0.05) is 21.7 Å². The van der Waals surface area contributed by atoms with Crippen molar-refractivity contribution in [2.24, 2.45) is 4.99 Å². The second kappa shape index (κ2) is 12.4. The van der Waals surface area contributed by atoms with E-state index in [2.05, 4.69) is 15.9 Å². The summed E-state index contributed by atoms with van der Waals surface area (Å²) in [5.74, 6) is 0.385. The number of methoxy groups -OCH3 is 1. The Morgan fingerprint density at radius 3 is 2.65 bits per heavy atom. The number of benzene rings is 2. The van der Waals surface area contributed by atoms with Gasteiger partial charge in [-0.1, -0.05) is 52.7 Å². The van der Waals surface area contributed by atoms with Crippen molar-refractivity contribution in [3.8, 4) is 17.1 Å². The largest absolute Gasteiger partial charge is 0.496 e. The molecule has 224 valence electrons. The van der Waals surface area contributed by atoms with Gasteiger partial charge in [-0.15, -0.1) is 0 Å². The number of hydrogen-bond donors (Lipinski definition) is 0. The van der Waals surface area contributed by atoms with E-state index in [1.54, 1.807) is 37.3 Å². The van der Waals surface area contributed by atoms with Gasteiger partial charge < -0.3 is 13.9 Å². The maximum absolute atomic E-state index is 14.0. The predicted molar refractivity (Wildman–Crippen MR) is 159 cm³/mol. The Kier molecular flexibility index (Phi) is 8.79. The zero-order valence-corrected chi connectivity index (χ0v) is 25.7. The number of carbonyl (C=O) groups is 1. The summed E-state index contributed by atoms with van der Waals surface area (Å²) >= 11 is 4.61. The van der Waals surface area contributed by atoms with E-state index in [4.69, 9.17) is 18.9 Å². The van der Waals surface area contributed by atoms with Gasteiger partial charge in [0.2, 0.25) is 0 Å². The lowest BCUT2D eigenvalue weighted by Gasteiger charge is -2.27. The van der Waals surface area contributed by atoms with E-state index in [-0.39, 0.29) is 33.8 Å². The second-order valence-electron chi connectivity index (χ2n) is 9.58. The highest BCUT2D eigenvalue weighted by molar-refractivity contribution is 9.10. The molecule has 0 saturated heterocycles. The number of allylic oxidation sites excluding steroid dienone is 1. The van der Waals surface area contributed by atoms with Crippen LogP contribution in [0.5, 0.6) is 5.75 Å². The molecule has 7 nitrogen and oxygen atoms in total. The summed E-state index contributed by atoms with van der Waals surface area (Å²) in [6.07, 6.45) is -1.80. The Hall–Kier alpha value is -3.90. The number of alkyl halides is 3. The fraction of sp³-hybridized carbons (Fsp3) is 0.258. The Morgan fingerprint density at radius 1 is 1.16 bits per heavy atom. The molecule has 4 aromatic rings. The Morgan fingerprint density at radius 2 is 1.95 bits per heavy atom. The van der Waals surface area contributed by atoms with Crippen LogP contribution in [-0.2, 0) is 15.7 Å². The van der Waals surface area contributed by atoms with E-state index in [1.165, 1.54) is 29.9 Å². The molecule has 0 fully saturated rings. The lowest BCUT2D eigenvalue weighted by Crippen LogP contribution is -2.40. The average molecular weight is 676 g/mol. The van der Waals surface area contributed by atoms with Crippen LogP contribution in [-0.4, -0.2) is 24.3 Å². The van der Waals surface area contributed by atoms with Crippen LogP contribution in [0.3, 0.4) is 0 Å². The van der Waals surface area contributed by atoms with Crippen LogP contribution in [0.25, 0.3) is 17.4 Å². The maximum Gasteiger partial charge on any atom is 0.416 e. The van der Waals surface area contributed by atoms with Crippen LogP contribution in [0.15, 0.2) is 84.5 Å². The van der Waals surface area contributed by atoms with Crippen molar-refractivity contribution in [1.82, 2.24) is 4.57 Å². The first-order valence-electron chi connectivity index (χ1n) is 13.4. The molecule has 0 amide bonds. The zero-order valence-electron chi connectivity index (χ0n) is 23.3. The van der Waals surface area contributed by atoms with E-state index in [0.717, 1.165) is 27.9 Å². The normalized spacial score (nSPS) is 15.3. The maximum atomic E-state index is 14.0. The van der Waals surface area contributed by atoms with Crippen molar-refractivity contribution in [1.29, 1.82) is 0 Å². The van der Waals surface area contributed by atoms with Crippen molar-refractivity contribution >= 4 is 39.3 Å². The third-order valence-electron chi connectivity index (χ3n) is 6.75. The monoisotopic (exact) mass is 674 g/mol. The number of hydrogen-bond acceptors (Lipinski definition) is 7. The molecule has 1 atom stereocenters. The molecule has 2 aromatic heterocycles. The number of furan rings is 1. The number of fused-ring (bicyclic) bond motifs is 1. The molecule has 0 spiro atoms. The molecular weight excluding hydrogens is 649 g/mol. The summed E-state index contributed by atoms with van der Waals surface area (Å²) < 4.78 is 59.0. The molecule has 12 heteroatoms. The van der Waals surface area contributed by atoms with Crippen molar-refractivity contribution in [3.63, 3.8) is 0 Å². The van der Waals surface area contributed by atoms with Gasteiger partial charge in [0.25, 0.3) is 5.56 Å². The molecule has 3 heterocycles. The summed E-state index contributed by atoms with van der Waals surface area (Å²) in [6.45, 7) is 3.81. The molecule has 1 aliphatic rings. The highest BCUT2D eigenvalue weighted by Crippen LogP contribution is 2.38. The first-order valence-corrected chi connectivity index (χ1v) is 15.0. The second-order valence-corrected chi connectivity index (χ2v) is 11.5. The zero-order chi connectivity index (χ0) is 30.9. The molecule has 0 N–H and O–H groups in total. The highest BCUT2D eigenvalue weighted by atomic mass is 79.9. The van der Waals surface area contributed by atoms with Crippen LogP contribution >= 0.6 is 27.3 Å². The van der Waals surface area contributed by atoms with Crippen molar-refractivity contribution < 1.29 is 31.9 Å². The van der Waals surface area contributed by atoms with Crippen LogP contribution in [0, 0.1) is 0 Å². The molecular formula is C31H26BrF3N2O5S. The van der Waals surface area contributed by atoms with Crippen LogP contribution in [0.1, 0.15) is 49.6 Å². The number of ether oxygens (including phenoxy) is 2. The van der Waals surface area contributed by atoms with E-state index >= 15 is 0 Å². The summed E-state index contributed by atoms with van der Waals surface area (Å²) in [5.41, 5.74) is 0.376. The first-order chi connectivity index (χ1) is 20.5. The molecule has 1 aliphatic heterocycles. The highest BCUT2D eigenvalue weighted by Gasteiger charge is 2.36. The van der Waals surface area contributed by atoms with Gasteiger partial charge in [0.05, 0.1) is 35.1 Å². The number of carbonyl (C=O) groups excluding carboxylic acids is 1. The van der Waals surface area contributed by atoms with Gasteiger partial charge in [-0.25, -0.2) is 9.79 Å². The average Bonchev–Trinajstić information content (AvgIpc) is 3.56. The van der Waals surface area contributed by atoms with E-state index < -0.39 is 29.3 Å². The number of thiazole rings is 1. The molecule has 0 aliphatic carbocycles. The summed E-state index contributed by atoms with van der Waals surface area (Å²) in [4.78, 5) is 32.5. The first kappa shape index (κ1) is 30.6. The molecule has 5 rings (SSSR count). The number of esters is 1. The van der Waals surface area contributed by atoms with Gasteiger partial charge in [-0.2, -0.15) is 13.2 Å². The lowest BCUT2D eigenvalue weighted by atomic mass is 9.93.